The molecule has 1 N–H and O–H groups in total. The molecule has 1 aliphatic rings. The number of aryl methyl sites for hydroxylation is 1. The number of nitrogens with zero attached hydrogens (tertiary/aromatic N) is 3. The summed E-state index contributed by atoms with van der Waals surface area (Å²) in [7, 11) is 0. The van der Waals surface area contributed by atoms with Gasteiger partial charge in [0.15, 0.2) is 0 Å². The number of carboxylic acid groups (broad SMARTS) is 1. The molecule has 6 nitrogen and oxygen atoms in total. The zero-order valence-electron chi connectivity index (χ0n) is 10.9. The predicted octanol–water partition coefficient (Wildman–Crippen LogP) is 1.58. The van der Waals surface area contributed by atoms with Crippen LogP contribution in [0.2, 0.25) is 0 Å². The number of carboxylic acids is 1. The second-order valence-corrected chi connectivity index (χ2v) is 6.06. The maximum absolute atomic E-state index is 12.3. The molecule has 2 aromatic heterocycles. The van der Waals surface area contributed by atoms with Crippen LogP contribution in [0.4, 0.5) is 0 Å². The fourth-order valence-electron chi connectivity index (χ4n) is 2.45. The number of hydrogen-bond donors (Lipinski definition) is 1. The Kier molecular flexibility index (Phi) is 3.43. The van der Waals surface area contributed by atoms with Crippen molar-refractivity contribution in [3.05, 3.63) is 38.2 Å². The Morgan fingerprint density at radius 1 is 1.35 bits per heavy atom. The lowest BCUT2D eigenvalue weighted by Crippen LogP contribution is -2.25. The number of fused-ring (bicyclic) bond motifs is 1. The third-order valence-corrected chi connectivity index (χ3v) is 4.52. The lowest BCUT2D eigenvalue weighted by molar-refractivity contribution is 0.0702. The van der Waals surface area contributed by atoms with Crippen LogP contribution in [0.5, 0.6) is 0 Å². The molecule has 0 radical (unpaired) electrons. The van der Waals surface area contributed by atoms with Gasteiger partial charge in [-0.15, -0.1) is 11.3 Å². The zero-order chi connectivity index (χ0) is 14.1. The van der Waals surface area contributed by atoms with E-state index in [1.807, 2.05) is 0 Å². The smallest absolute Gasteiger partial charge is 0.346 e. The number of aromatic carboxylic acids is 1. The summed E-state index contributed by atoms with van der Waals surface area (Å²) < 4.78 is 3.19. The van der Waals surface area contributed by atoms with Gasteiger partial charge in [-0.05, 0) is 25.0 Å². The molecule has 0 unspecified atom stereocenters. The Hall–Kier alpha value is -1.89. The minimum Gasteiger partial charge on any atom is -0.477 e. The summed E-state index contributed by atoms with van der Waals surface area (Å²) in [6.45, 7) is 1.08. The number of hydrogen-bond acceptors (Lipinski definition) is 4. The number of carbonyl (C=O) groups is 1. The van der Waals surface area contributed by atoms with Crippen LogP contribution in [0.15, 0.2) is 16.9 Å². The van der Waals surface area contributed by atoms with Gasteiger partial charge in [0.05, 0.1) is 6.54 Å². The van der Waals surface area contributed by atoms with Gasteiger partial charge >= 0.3 is 11.7 Å². The predicted molar refractivity (Wildman–Crippen MR) is 74.4 cm³/mol. The Bertz CT molecular complexity index is 698. The first-order chi connectivity index (χ1) is 9.65. The largest absolute Gasteiger partial charge is 0.477 e. The summed E-state index contributed by atoms with van der Waals surface area (Å²) in [4.78, 5) is 24.2. The average molecular weight is 293 g/mol. The number of aromatic nitrogens is 3. The van der Waals surface area contributed by atoms with E-state index in [1.165, 1.54) is 16.0 Å². The number of thiophene rings is 1. The zero-order valence-corrected chi connectivity index (χ0v) is 11.7. The van der Waals surface area contributed by atoms with Crippen molar-refractivity contribution in [1.29, 1.82) is 0 Å². The van der Waals surface area contributed by atoms with Crippen molar-refractivity contribution in [2.45, 2.75) is 38.8 Å². The molecule has 0 amide bonds. The average Bonchev–Trinajstić information content (AvgIpc) is 2.90. The molecule has 0 bridgehead atoms. The Balaban J connectivity index is 1.87. The maximum atomic E-state index is 12.3. The normalized spacial score (nSPS) is 14.8. The van der Waals surface area contributed by atoms with Gasteiger partial charge in [-0.3, -0.25) is 4.57 Å². The van der Waals surface area contributed by atoms with Crippen LogP contribution >= 0.6 is 11.3 Å². The highest BCUT2D eigenvalue weighted by Gasteiger charge is 2.16. The highest BCUT2D eigenvalue weighted by atomic mass is 32.1. The molecule has 7 heteroatoms. The van der Waals surface area contributed by atoms with Crippen LogP contribution in [0.1, 0.15) is 39.6 Å². The van der Waals surface area contributed by atoms with Gasteiger partial charge in [0.25, 0.3) is 0 Å². The van der Waals surface area contributed by atoms with Crippen LogP contribution in [0.3, 0.4) is 0 Å². The van der Waals surface area contributed by atoms with E-state index in [0.717, 1.165) is 42.9 Å². The molecule has 3 heterocycles. The molecule has 0 saturated carbocycles. The van der Waals surface area contributed by atoms with Crippen LogP contribution in [-0.4, -0.2) is 25.4 Å². The SMILES string of the molecule is O=C(O)c1ccc(Cn2nc3n(c2=O)CCCCC3)s1. The van der Waals surface area contributed by atoms with Gasteiger partial charge < -0.3 is 5.11 Å². The summed E-state index contributed by atoms with van der Waals surface area (Å²) in [6, 6.07) is 3.31. The van der Waals surface area contributed by atoms with Crippen molar-refractivity contribution in [3.63, 3.8) is 0 Å². The second-order valence-electron chi connectivity index (χ2n) is 4.89. The molecular formula is C13H15N3O3S. The van der Waals surface area contributed by atoms with Crippen molar-refractivity contribution >= 4 is 17.3 Å². The first-order valence-electron chi connectivity index (χ1n) is 6.63. The van der Waals surface area contributed by atoms with Crippen molar-refractivity contribution in [2.24, 2.45) is 0 Å². The maximum Gasteiger partial charge on any atom is 0.346 e. The van der Waals surface area contributed by atoms with E-state index in [9.17, 15) is 9.59 Å². The van der Waals surface area contributed by atoms with Crippen LogP contribution in [-0.2, 0) is 19.5 Å². The standard InChI is InChI=1S/C13H15N3O3S/c17-12(18)10-6-5-9(20-10)8-16-13(19)15-7-3-1-2-4-11(15)14-16/h5-6H,1-4,7-8H2,(H,17,18). The van der Waals surface area contributed by atoms with Crippen molar-refractivity contribution < 1.29 is 9.90 Å². The van der Waals surface area contributed by atoms with Gasteiger partial charge in [-0.25, -0.2) is 14.3 Å². The lowest BCUT2D eigenvalue weighted by Gasteiger charge is -1.98. The quantitative estimate of drug-likeness (QED) is 0.932. The number of rotatable bonds is 3. The van der Waals surface area contributed by atoms with Crippen molar-refractivity contribution in [1.82, 2.24) is 14.3 Å². The first kappa shape index (κ1) is 13.1. The minimum absolute atomic E-state index is 0.0906. The second kappa shape index (κ2) is 5.24. The molecule has 0 aliphatic carbocycles. The third-order valence-electron chi connectivity index (χ3n) is 3.46. The van der Waals surface area contributed by atoms with E-state index >= 15 is 0 Å². The van der Waals surface area contributed by atoms with E-state index in [1.54, 1.807) is 16.7 Å². The molecule has 2 aromatic rings. The van der Waals surface area contributed by atoms with Crippen LogP contribution in [0.25, 0.3) is 0 Å². The molecular weight excluding hydrogens is 278 g/mol. The van der Waals surface area contributed by atoms with E-state index in [4.69, 9.17) is 5.11 Å². The van der Waals surface area contributed by atoms with E-state index in [2.05, 4.69) is 5.10 Å². The topological polar surface area (TPSA) is 77.1 Å². The highest BCUT2D eigenvalue weighted by Crippen LogP contribution is 2.17. The molecule has 3 rings (SSSR count). The molecule has 0 atom stereocenters. The van der Waals surface area contributed by atoms with E-state index in [0.29, 0.717) is 6.54 Å². The van der Waals surface area contributed by atoms with E-state index < -0.39 is 5.97 Å². The summed E-state index contributed by atoms with van der Waals surface area (Å²) in [6.07, 6.45) is 4.06. The van der Waals surface area contributed by atoms with Gasteiger partial charge in [-0.2, -0.15) is 5.10 Å². The van der Waals surface area contributed by atoms with E-state index in [-0.39, 0.29) is 10.6 Å². The summed E-state index contributed by atoms with van der Waals surface area (Å²) in [5.74, 6) is -0.0864. The molecule has 0 spiro atoms. The Labute approximate surface area is 119 Å². The molecule has 0 fully saturated rings. The van der Waals surface area contributed by atoms with Crippen molar-refractivity contribution in [3.8, 4) is 0 Å². The Morgan fingerprint density at radius 3 is 2.95 bits per heavy atom. The molecule has 1 aliphatic heterocycles. The fourth-order valence-corrected chi connectivity index (χ4v) is 3.28. The van der Waals surface area contributed by atoms with Gasteiger partial charge in [0.1, 0.15) is 10.7 Å². The van der Waals surface area contributed by atoms with Crippen LogP contribution < -0.4 is 5.69 Å². The Morgan fingerprint density at radius 2 is 2.20 bits per heavy atom. The van der Waals surface area contributed by atoms with Gasteiger partial charge in [0, 0.05) is 17.8 Å². The summed E-state index contributed by atoms with van der Waals surface area (Å²) >= 11 is 1.19. The van der Waals surface area contributed by atoms with Crippen molar-refractivity contribution in [2.75, 3.05) is 0 Å². The molecule has 0 saturated heterocycles. The first-order valence-corrected chi connectivity index (χ1v) is 7.45. The molecule has 20 heavy (non-hydrogen) atoms. The molecule has 0 aromatic carbocycles. The van der Waals surface area contributed by atoms with Gasteiger partial charge in [-0.1, -0.05) is 6.42 Å². The summed E-state index contributed by atoms with van der Waals surface area (Å²) in [5.41, 5.74) is -0.0906. The summed E-state index contributed by atoms with van der Waals surface area (Å²) in [5, 5.41) is 13.3. The monoisotopic (exact) mass is 293 g/mol. The molecule has 106 valence electrons. The minimum atomic E-state index is -0.936. The fraction of sp³-hybridized carbons (Fsp3) is 0.462. The highest BCUT2D eigenvalue weighted by molar-refractivity contribution is 7.13. The van der Waals surface area contributed by atoms with Crippen LogP contribution in [0, 0.1) is 0 Å². The third kappa shape index (κ3) is 2.40. The lowest BCUT2D eigenvalue weighted by atomic mass is 10.2. The van der Waals surface area contributed by atoms with Gasteiger partial charge in [0.2, 0.25) is 0 Å².